The maximum atomic E-state index is 14.7. The molecule has 2 aliphatic rings. The standard InChI is InChI=1S/C23H25FN6OS/c24-17-11-27-18-2-4-21(31)30-13-15(22(17)23(18)30)12-29-7-5-16(6-8-29)26-10-14-1-3-20(32)19(9-14)28-25/h1-4,9,11,15-16,25-26,32H,5-8,10,12-13H2/t15-/m1/s1. The Labute approximate surface area is 190 Å². The van der Waals surface area contributed by atoms with Gasteiger partial charge in [0.25, 0.3) is 5.56 Å². The summed E-state index contributed by atoms with van der Waals surface area (Å²) in [6, 6.07) is 9.37. The molecule has 0 bridgehead atoms. The van der Waals surface area contributed by atoms with Gasteiger partial charge in [-0.1, -0.05) is 6.07 Å². The van der Waals surface area contributed by atoms with E-state index >= 15 is 0 Å². The molecular weight excluding hydrogens is 427 g/mol. The molecule has 1 fully saturated rings. The van der Waals surface area contributed by atoms with Crippen LogP contribution in [0.1, 0.15) is 29.9 Å². The van der Waals surface area contributed by atoms with Crippen molar-refractivity contribution in [3.63, 3.8) is 0 Å². The molecule has 5 rings (SSSR count). The van der Waals surface area contributed by atoms with Crippen LogP contribution in [0.25, 0.3) is 11.0 Å². The fraction of sp³-hybridized carbons (Fsp3) is 0.391. The number of likely N-dealkylation sites (tertiary alicyclic amines) is 1. The van der Waals surface area contributed by atoms with Crippen molar-refractivity contribution in [2.75, 3.05) is 19.6 Å². The zero-order chi connectivity index (χ0) is 22.2. The normalized spacial score (nSPS) is 19.0. The Kier molecular flexibility index (Phi) is 5.79. The molecule has 1 saturated heterocycles. The van der Waals surface area contributed by atoms with E-state index in [4.69, 9.17) is 5.53 Å². The molecule has 0 unspecified atom stereocenters. The molecule has 2 aromatic heterocycles. The van der Waals surface area contributed by atoms with Crippen LogP contribution in [-0.2, 0) is 13.1 Å². The van der Waals surface area contributed by atoms with E-state index in [2.05, 4.69) is 32.9 Å². The van der Waals surface area contributed by atoms with Crippen LogP contribution in [0, 0.1) is 11.3 Å². The number of piperidine rings is 1. The molecule has 1 aromatic carbocycles. The Hall–Kier alpha value is -2.62. The van der Waals surface area contributed by atoms with Crippen LogP contribution in [-0.4, -0.2) is 40.1 Å². The summed E-state index contributed by atoms with van der Waals surface area (Å²) in [5.74, 6) is -0.353. The van der Waals surface area contributed by atoms with Crippen LogP contribution in [0.5, 0.6) is 0 Å². The molecule has 166 valence electrons. The Morgan fingerprint density at radius 1 is 1.25 bits per heavy atom. The largest absolute Gasteiger partial charge is 0.310 e. The quantitative estimate of drug-likeness (QED) is 0.392. The Bertz CT molecular complexity index is 1240. The molecule has 0 radical (unpaired) electrons. The van der Waals surface area contributed by atoms with Crippen LogP contribution in [0.3, 0.4) is 0 Å². The summed E-state index contributed by atoms with van der Waals surface area (Å²) < 4.78 is 16.3. The highest BCUT2D eigenvalue weighted by molar-refractivity contribution is 7.80. The van der Waals surface area contributed by atoms with E-state index in [-0.39, 0.29) is 17.3 Å². The fourth-order valence-electron chi connectivity index (χ4n) is 4.96. The van der Waals surface area contributed by atoms with Gasteiger partial charge in [0.15, 0.2) is 0 Å². The van der Waals surface area contributed by atoms with Gasteiger partial charge < -0.3 is 14.8 Å². The third-order valence-electron chi connectivity index (χ3n) is 6.62. The molecule has 4 heterocycles. The molecule has 0 spiro atoms. The van der Waals surface area contributed by atoms with E-state index in [9.17, 15) is 9.18 Å². The number of thiol groups is 1. The zero-order valence-electron chi connectivity index (χ0n) is 17.6. The van der Waals surface area contributed by atoms with Crippen LogP contribution in [0.2, 0.25) is 0 Å². The third kappa shape index (κ3) is 3.96. The van der Waals surface area contributed by atoms with E-state index in [0.29, 0.717) is 39.8 Å². The van der Waals surface area contributed by atoms with Crippen molar-refractivity contribution < 1.29 is 4.39 Å². The first-order valence-electron chi connectivity index (χ1n) is 10.9. The summed E-state index contributed by atoms with van der Waals surface area (Å²) >= 11 is 4.31. The van der Waals surface area contributed by atoms with Crippen molar-refractivity contribution in [1.82, 2.24) is 19.8 Å². The highest BCUT2D eigenvalue weighted by Crippen LogP contribution is 2.34. The number of benzene rings is 1. The van der Waals surface area contributed by atoms with Crippen LogP contribution in [0.4, 0.5) is 10.1 Å². The van der Waals surface area contributed by atoms with Gasteiger partial charge in [-0.15, -0.1) is 12.6 Å². The second kappa shape index (κ2) is 8.73. The Morgan fingerprint density at radius 2 is 2.06 bits per heavy atom. The van der Waals surface area contributed by atoms with Gasteiger partial charge in [0.1, 0.15) is 5.82 Å². The number of nitrogens with zero attached hydrogens (tertiary/aromatic N) is 4. The second-order valence-corrected chi connectivity index (χ2v) is 9.11. The molecule has 2 N–H and O–H groups in total. The Balaban J connectivity index is 1.19. The summed E-state index contributed by atoms with van der Waals surface area (Å²) in [7, 11) is 0. The SMILES string of the molecule is N=Nc1cc(CNC2CCN(C[C@@H]3Cn4c(=O)ccc5ncc(F)c3c54)CC2)ccc1S. The molecule has 7 nitrogen and oxygen atoms in total. The van der Waals surface area contributed by atoms with Crippen LogP contribution < -0.4 is 10.9 Å². The maximum Gasteiger partial charge on any atom is 0.251 e. The summed E-state index contributed by atoms with van der Waals surface area (Å²) in [6.45, 7) is 3.83. The minimum absolute atomic E-state index is 0.0353. The van der Waals surface area contributed by atoms with Gasteiger partial charge >= 0.3 is 0 Å². The second-order valence-electron chi connectivity index (χ2n) is 8.62. The van der Waals surface area contributed by atoms with Crippen molar-refractivity contribution in [3.05, 3.63) is 63.8 Å². The molecule has 0 aliphatic carbocycles. The zero-order valence-corrected chi connectivity index (χ0v) is 18.5. The first-order chi connectivity index (χ1) is 15.5. The van der Waals surface area contributed by atoms with Crippen molar-refractivity contribution in [1.29, 1.82) is 5.53 Å². The van der Waals surface area contributed by atoms with E-state index in [1.54, 1.807) is 10.6 Å². The number of halogens is 1. The van der Waals surface area contributed by atoms with Crippen molar-refractivity contribution in [3.8, 4) is 0 Å². The fourth-order valence-corrected chi connectivity index (χ4v) is 5.15. The maximum absolute atomic E-state index is 14.7. The summed E-state index contributed by atoms with van der Waals surface area (Å²) in [5, 5.41) is 7.11. The van der Waals surface area contributed by atoms with Gasteiger partial charge in [0.05, 0.1) is 22.9 Å². The van der Waals surface area contributed by atoms with Gasteiger partial charge in [-0.3, -0.25) is 9.78 Å². The number of rotatable bonds is 6. The van der Waals surface area contributed by atoms with Gasteiger partial charge in [0.2, 0.25) is 0 Å². The lowest BCUT2D eigenvalue weighted by Crippen LogP contribution is -2.43. The number of nitrogens with one attached hydrogen (secondary N) is 2. The first-order valence-corrected chi connectivity index (χ1v) is 11.3. The summed E-state index contributed by atoms with van der Waals surface area (Å²) in [4.78, 5) is 19.5. The van der Waals surface area contributed by atoms with Gasteiger partial charge in [-0.25, -0.2) is 9.92 Å². The number of hydrogen-bond donors (Lipinski definition) is 3. The molecule has 0 saturated carbocycles. The molecule has 2 aliphatic heterocycles. The van der Waals surface area contributed by atoms with Gasteiger partial charge in [0, 0.05) is 48.1 Å². The average molecular weight is 453 g/mol. The highest BCUT2D eigenvalue weighted by atomic mass is 32.1. The molecule has 1 atom stereocenters. The van der Waals surface area contributed by atoms with Gasteiger partial charge in [-0.05, 0) is 49.7 Å². The van der Waals surface area contributed by atoms with E-state index in [0.717, 1.165) is 44.6 Å². The molecule has 3 aromatic rings. The minimum Gasteiger partial charge on any atom is -0.310 e. The first kappa shape index (κ1) is 21.2. The lowest BCUT2D eigenvalue weighted by Gasteiger charge is -2.34. The smallest absolute Gasteiger partial charge is 0.251 e. The van der Waals surface area contributed by atoms with E-state index in [1.807, 2.05) is 18.2 Å². The average Bonchev–Trinajstić information content (AvgIpc) is 3.19. The van der Waals surface area contributed by atoms with Crippen molar-refractivity contribution in [2.24, 2.45) is 5.11 Å². The number of hydrogen-bond acceptors (Lipinski definition) is 7. The highest BCUT2D eigenvalue weighted by Gasteiger charge is 2.31. The van der Waals surface area contributed by atoms with Crippen molar-refractivity contribution in [2.45, 2.75) is 42.8 Å². The van der Waals surface area contributed by atoms with Crippen LogP contribution >= 0.6 is 12.6 Å². The minimum atomic E-state index is -0.318. The molecule has 32 heavy (non-hydrogen) atoms. The Morgan fingerprint density at radius 3 is 2.84 bits per heavy atom. The third-order valence-corrected chi connectivity index (χ3v) is 7.00. The van der Waals surface area contributed by atoms with Crippen molar-refractivity contribution >= 4 is 29.3 Å². The topological polar surface area (TPSA) is 86.4 Å². The lowest BCUT2D eigenvalue weighted by atomic mass is 9.98. The number of pyridine rings is 2. The van der Waals surface area contributed by atoms with E-state index < -0.39 is 0 Å². The summed E-state index contributed by atoms with van der Waals surface area (Å²) in [6.07, 6.45) is 3.29. The van der Waals surface area contributed by atoms with Crippen LogP contribution in [0.15, 0.2) is 51.3 Å². The predicted octanol–water partition coefficient (Wildman–Crippen LogP) is 3.84. The lowest BCUT2D eigenvalue weighted by molar-refractivity contribution is 0.184. The predicted molar refractivity (Wildman–Crippen MR) is 124 cm³/mol. The molecule has 0 amide bonds. The van der Waals surface area contributed by atoms with Gasteiger partial charge in [-0.2, -0.15) is 5.11 Å². The number of aromatic nitrogens is 2. The molecule has 9 heteroatoms. The monoisotopic (exact) mass is 452 g/mol. The summed E-state index contributed by atoms with van der Waals surface area (Å²) in [5.41, 5.74) is 10.8. The van der Waals surface area contributed by atoms with E-state index in [1.165, 1.54) is 12.3 Å². The molecular formula is C23H25FN6OS.